The van der Waals surface area contributed by atoms with E-state index in [2.05, 4.69) is 42.9 Å². The zero-order chi connectivity index (χ0) is 29.7. The number of aromatic amines is 2. The van der Waals surface area contributed by atoms with Crippen LogP contribution in [0.5, 0.6) is 0 Å². The highest BCUT2D eigenvalue weighted by molar-refractivity contribution is 6.16. The number of H-pyrrole nitrogens is 2. The molecule has 1 aliphatic heterocycles. The Bertz CT molecular complexity index is 2100. The van der Waals surface area contributed by atoms with E-state index in [-0.39, 0.29) is 11.7 Å². The minimum Gasteiger partial charge on any atom is -0.392 e. The fourth-order valence-electron chi connectivity index (χ4n) is 5.76. The van der Waals surface area contributed by atoms with Gasteiger partial charge in [-0.3, -0.25) is 15.3 Å². The van der Waals surface area contributed by atoms with Crippen LogP contribution >= 0.6 is 0 Å². The van der Waals surface area contributed by atoms with E-state index >= 15 is 0 Å². The molecule has 3 aromatic carbocycles. The first-order valence-corrected chi connectivity index (χ1v) is 13.9. The number of nitrogens with one attached hydrogen (secondary N) is 5. The predicted octanol–water partition coefficient (Wildman–Crippen LogP) is 6.15. The summed E-state index contributed by atoms with van der Waals surface area (Å²) in [6.07, 6.45) is 7.17. The molecule has 10 heteroatoms. The third-order valence-corrected chi connectivity index (χ3v) is 7.96. The maximum absolute atomic E-state index is 13.8. The third-order valence-electron chi connectivity index (χ3n) is 7.96. The molecule has 0 unspecified atom stereocenters. The van der Waals surface area contributed by atoms with Crippen LogP contribution in [0.1, 0.15) is 28.4 Å². The lowest BCUT2D eigenvalue weighted by Gasteiger charge is -2.17. The fraction of sp³-hybridized carbons (Fsp3) is 0.121. The number of aromatic nitrogens is 5. The minimum absolute atomic E-state index is 0.0343. The molecule has 0 radical (unpaired) electrons. The summed E-state index contributed by atoms with van der Waals surface area (Å²) >= 11 is 0. The minimum atomic E-state index is -0.0343. The highest BCUT2D eigenvalue weighted by atomic mass is 16.2. The van der Waals surface area contributed by atoms with Gasteiger partial charge in [0.05, 0.1) is 35.2 Å². The maximum atomic E-state index is 13.8. The van der Waals surface area contributed by atoms with Gasteiger partial charge in [-0.05, 0) is 60.4 Å². The fourth-order valence-corrected chi connectivity index (χ4v) is 5.76. The van der Waals surface area contributed by atoms with Gasteiger partial charge in [-0.15, -0.1) is 0 Å². The molecule has 43 heavy (non-hydrogen) atoms. The number of hydrogen-bond acceptors (Lipinski definition) is 6. The molecule has 212 valence electrons. The van der Waals surface area contributed by atoms with Crippen LogP contribution in [-0.4, -0.2) is 43.9 Å². The van der Waals surface area contributed by atoms with E-state index in [0.29, 0.717) is 18.1 Å². The van der Waals surface area contributed by atoms with Crippen LogP contribution < -0.4 is 15.5 Å². The van der Waals surface area contributed by atoms with Crippen molar-refractivity contribution in [3.63, 3.8) is 0 Å². The van der Waals surface area contributed by atoms with Crippen molar-refractivity contribution in [2.75, 3.05) is 17.3 Å². The Labute approximate surface area is 247 Å². The number of allylic oxidation sites excluding steroid dienone is 1. The number of amides is 1. The number of fused-ring (bicyclic) bond motifs is 3. The van der Waals surface area contributed by atoms with E-state index in [1.54, 1.807) is 19.3 Å². The average Bonchev–Trinajstić information content (AvgIpc) is 3.75. The highest BCUT2D eigenvalue weighted by Gasteiger charge is 2.32. The molecular formula is C33H29N9O. The lowest BCUT2D eigenvalue weighted by atomic mass is 9.95. The Balaban J connectivity index is 1.26. The Hall–Kier alpha value is -5.77. The summed E-state index contributed by atoms with van der Waals surface area (Å²) < 4.78 is 0. The zero-order valence-corrected chi connectivity index (χ0v) is 23.9. The van der Waals surface area contributed by atoms with Gasteiger partial charge in [-0.1, -0.05) is 36.4 Å². The van der Waals surface area contributed by atoms with Crippen molar-refractivity contribution in [3.05, 3.63) is 102 Å². The maximum Gasteiger partial charge on any atom is 0.259 e. The number of aryl methyl sites for hydroxylation is 1. The summed E-state index contributed by atoms with van der Waals surface area (Å²) in [6.45, 7) is 4.29. The molecule has 0 saturated carbocycles. The van der Waals surface area contributed by atoms with E-state index in [9.17, 15) is 4.79 Å². The summed E-state index contributed by atoms with van der Waals surface area (Å²) in [5.74, 6) is 0.480. The number of anilines is 2. The molecule has 0 aliphatic carbocycles. The van der Waals surface area contributed by atoms with E-state index in [1.165, 1.54) is 0 Å². The molecule has 0 saturated heterocycles. The Kier molecular flexibility index (Phi) is 6.23. The number of carbonyl (C=O) groups is 1. The van der Waals surface area contributed by atoms with Crippen LogP contribution in [0, 0.1) is 12.3 Å². The summed E-state index contributed by atoms with van der Waals surface area (Å²) in [4.78, 5) is 28.2. The smallest absolute Gasteiger partial charge is 0.259 e. The van der Waals surface area contributed by atoms with Gasteiger partial charge >= 0.3 is 0 Å². The predicted molar refractivity (Wildman–Crippen MR) is 170 cm³/mol. The second kappa shape index (κ2) is 10.3. The largest absolute Gasteiger partial charge is 0.392 e. The molecule has 3 aromatic heterocycles. The number of hydrogen-bond donors (Lipinski definition) is 5. The average molecular weight is 568 g/mol. The summed E-state index contributed by atoms with van der Waals surface area (Å²) in [6, 6.07) is 18.0. The summed E-state index contributed by atoms with van der Waals surface area (Å²) in [5, 5.41) is 23.4. The first kappa shape index (κ1) is 26.1. The Morgan fingerprint density at radius 3 is 2.65 bits per heavy atom. The van der Waals surface area contributed by atoms with Crippen LogP contribution in [0.3, 0.4) is 0 Å². The topological polar surface area (TPSA) is 138 Å². The van der Waals surface area contributed by atoms with Gasteiger partial charge in [0.1, 0.15) is 5.84 Å². The quantitative estimate of drug-likeness (QED) is 0.121. The lowest BCUT2D eigenvalue weighted by molar-refractivity contribution is 0.0997. The van der Waals surface area contributed by atoms with Crippen molar-refractivity contribution < 1.29 is 4.79 Å². The Morgan fingerprint density at radius 2 is 1.79 bits per heavy atom. The van der Waals surface area contributed by atoms with E-state index in [0.717, 1.165) is 66.7 Å². The molecule has 0 bridgehead atoms. The van der Waals surface area contributed by atoms with Crippen molar-refractivity contribution in [1.29, 1.82) is 5.41 Å². The number of nitrogens with zero attached hydrogens (tertiary/aromatic N) is 4. The van der Waals surface area contributed by atoms with Crippen LogP contribution in [0.25, 0.3) is 44.2 Å². The summed E-state index contributed by atoms with van der Waals surface area (Å²) in [5.41, 5.74) is 9.77. The SMILES string of the molecule is CN/C(C)=C\C(=N)Nc1ncc(C)c(-c2c[nH]c3c(N4Cc5c(cccc5-c5cccc6[nH]ncc56)C4=O)cccc23)n1. The van der Waals surface area contributed by atoms with Crippen molar-refractivity contribution >= 4 is 45.2 Å². The lowest BCUT2D eigenvalue weighted by Crippen LogP contribution is -2.23. The second-order valence-corrected chi connectivity index (χ2v) is 10.6. The second-order valence-electron chi connectivity index (χ2n) is 10.6. The Morgan fingerprint density at radius 1 is 1.00 bits per heavy atom. The van der Waals surface area contributed by atoms with Crippen molar-refractivity contribution in [1.82, 2.24) is 30.5 Å². The number of benzene rings is 3. The molecule has 0 spiro atoms. The number of rotatable bonds is 6. The van der Waals surface area contributed by atoms with E-state index in [4.69, 9.17) is 10.4 Å². The number of amidine groups is 1. The molecule has 10 nitrogen and oxygen atoms in total. The first-order valence-electron chi connectivity index (χ1n) is 13.9. The van der Waals surface area contributed by atoms with E-state index < -0.39 is 0 Å². The third kappa shape index (κ3) is 4.40. The van der Waals surface area contributed by atoms with Crippen LogP contribution in [0.2, 0.25) is 0 Å². The van der Waals surface area contributed by atoms with Crippen molar-refractivity contribution in [3.8, 4) is 22.4 Å². The van der Waals surface area contributed by atoms with Crippen LogP contribution in [0.15, 0.2) is 85.0 Å². The van der Waals surface area contributed by atoms with Crippen LogP contribution in [0.4, 0.5) is 11.6 Å². The van der Waals surface area contributed by atoms with E-state index in [1.807, 2.05) is 73.6 Å². The van der Waals surface area contributed by atoms with Gasteiger partial charge in [0.25, 0.3) is 5.91 Å². The highest BCUT2D eigenvalue weighted by Crippen LogP contribution is 2.41. The number of carbonyl (C=O) groups excluding carboxylic acids is 1. The first-order chi connectivity index (χ1) is 20.9. The van der Waals surface area contributed by atoms with Gasteiger partial charge in [-0.25, -0.2) is 9.97 Å². The van der Waals surface area contributed by atoms with Crippen LogP contribution in [-0.2, 0) is 6.54 Å². The number of para-hydroxylation sites is 1. The molecule has 1 aliphatic rings. The van der Waals surface area contributed by atoms with Gasteiger partial charge < -0.3 is 20.5 Å². The normalized spacial score (nSPS) is 13.1. The molecule has 0 fully saturated rings. The van der Waals surface area contributed by atoms with Gasteiger partial charge in [0.15, 0.2) is 0 Å². The van der Waals surface area contributed by atoms with Crippen molar-refractivity contribution in [2.24, 2.45) is 0 Å². The monoisotopic (exact) mass is 567 g/mol. The molecule has 7 rings (SSSR count). The summed E-state index contributed by atoms with van der Waals surface area (Å²) in [7, 11) is 1.81. The molecule has 6 aromatic rings. The van der Waals surface area contributed by atoms with Gasteiger partial charge in [0.2, 0.25) is 5.95 Å². The zero-order valence-electron chi connectivity index (χ0n) is 23.9. The molecule has 4 heterocycles. The van der Waals surface area contributed by atoms with Gasteiger partial charge in [0, 0.05) is 47.0 Å². The standard InChI is InChI=1S/C33H29N9O/c1-18-14-37-33(39-29(34)13-19(2)35-3)40-30(18)25-15-36-31-22(25)9-6-12-28(31)42-17-26-21(7-4-10-23(26)32(42)43)20-8-5-11-27-24(20)16-38-41-27/h4-16,35-36H,17H2,1-3H3,(H,38,41)(H2,34,37,39,40)/b19-13-. The van der Waals surface area contributed by atoms with Gasteiger partial charge in [-0.2, -0.15) is 5.10 Å². The van der Waals surface area contributed by atoms with Crippen molar-refractivity contribution in [2.45, 2.75) is 20.4 Å². The molecule has 1 amide bonds. The molecule has 5 N–H and O–H groups in total. The molecular weight excluding hydrogens is 538 g/mol. The molecule has 0 atom stereocenters.